The third-order valence-electron chi connectivity index (χ3n) is 3.73. The molecule has 20 heavy (non-hydrogen) atoms. The number of rotatable bonds is 6. The fraction of sp³-hybridized carbons (Fsp3) is 0.438. The lowest BCUT2D eigenvalue weighted by atomic mass is 10.1. The summed E-state index contributed by atoms with van der Waals surface area (Å²) in [5.41, 5.74) is 8.27. The number of nitrogen functional groups attached to an aromatic ring is 1. The molecule has 0 radical (unpaired) electrons. The summed E-state index contributed by atoms with van der Waals surface area (Å²) in [5.74, 6) is 0.593. The molecule has 0 fully saturated rings. The summed E-state index contributed by atoms with van der Waals surface area (Å²) < 4.78 is 2.05. The Morgan fingerprint density at radius 2 is 1.85 bits per heavy atom. The average molecular weight is 272 g/mol. The van der Waals surface area contributed by atoms with Gasteiger partial charge in [0, 0.05) is 12.7 Å². The van der Waals surface area contributed by atoms with Crippen LogP contribution in [0.4, 0.5) is 5.95 Å². The van der Waals surface area contributed by atoms with Gasteiger partial charge in [0.1, 0.15) is 0 Å². The van der Waals surface area contributed by atoms with Crippen LogP contribution in [-0.4, -0.2) is 27.5 Å². The monoisotopic (exact) mass is 272 g/mol. The maximum Gasteiger partial charge on any atom is 0.200 e. The fourth-order valence-corrected chi connectivity index (χ4v) is 2.67. The number of hydrogen-bond donors (Lipinski definition) is 1. The summed E-state index contributed by atoms with van der Waals surface area (Å²) in [4.78, 5) is 6.74. The second-order valence-electron chi connectivity index (χ2n) is 5.04. The van der Waals surface area contributed by atoms with Crippen LogP contribution in [0.25, 0.3) is 0 Å². The smallest absolute Gasteiger partial charge is 0.200 e. The Labute approximate surface area is 121 Å². The number of benzene rings is 1. The predicted molar refractivity (Wildman–Crippen MR) is 83.5 cm³/mol. The average Bonchev–Trinajstić information content (AvgIpc) is 2.78. The lowest BCUT2D eigenvalue weighted by molar-refractivity contribution is 0.198. The first-order valence-electron chi connectivity index (χ1n) is 7.24. The molecule has 4 heteroatoms. The van der Waals surface area contributed by atoms with Gasteiger partial charge in [0.05, 0.1) is 11.7 Å². The molecule has 0 aliphatic rings. The number of imidazole rings is 1. The summed E-state index contributed by atoms with van der Waals surface area (Å²) in [5, 5.41) is 0. The zero-order valence-corrected chi connectivity index (χ0v) is 12.6. The van der Waals surface area contributed by atoms with E-state index in [9.17, 15) is 0 Å². The van der Waals surface area contributed by atoms with E-state index in [1.54, 1.807) is 0 Å². The van der Waals surface area contributed by atoms with E-state index in [2.05, 4.69) is 54.1 Å². The quantitative estimate of drug-likeness (QED) is 0.879. The molecule has 0 saturated heterocycles. The van der Waals surface area contributed by atoms with Crippen molar-refractivity contribution >= 4 is 5.95 Å². The van der Waals surface area contributed by atoms with Gasteiger partial charge < -0.3 is 10.3 Å². The van der Waals surface area contributed by atoms with Gasteiger partial charge >= 0.3 is 0 Å². The van der Waals surface area contributed by atoms with Crippen LogP contribution in [0.15, 0.2) is 36.5 Å². The number of hydrogen-bond acceptors (Lipinski definition) is 3. The maximum atomic E-state index is 5.98. The van der Waals surface area contributed by atoms with Crippen LogP contribution in [0.3, 0.4) is 0 Å². The van der Waals surface area contributed by atoms with Crippen LogP contribution in [0.5, 0.6) is 0 Å². The minimum atomic E-state index is 0.321. The lowest BCUT2D eigenvalue weighted by Crippen LogP contribution is -2.31. The number of aryl methyl sites for hydroxylation is 1. The van der Waals surface area contributed by atoms with Crippen LogP contribution in [-0.2, 0) is 6.54 Å². The van der Waals surface area contributed by atoms with Gasteiger partial charge in [0.15, 0.2) is 5.95 Å². The molecule has 0 spiro atoms. The van der Waals surface area contributed by atoms with Crippen molar-refractivity contribution in [1.82, 2.24) is 14.5 Å². The lowest BCUT2D eigenvalue weighted by Gasteiger charge is -2.30. The number of likely N-dealkylation sites (N-methyl/N-ethyl adjacent to an activating group) is 1. The molecule has 0 saturated carbocycles. The molecule has 2 aromatic rings. The van der Waals surface area contributed by atoms with Gasteiger partial charge in [-0.05, 0) is 25.6 Å². The predicted octanol–water partition coefficient (Wildman–Crippen LogP) is 2.86. The van der Waals surface area contributed by atoms with Crippen molar-refractivity contribution in [2.75, 3.05) is 18.8 Å². The molecule has 108 valence electrons. The van der Waals surface area contributed by atoms with E-state index in [0.29, 0.717) is 12.0 Å². The zero-order valence-electron chi connectivity index (χ0n) is 12.6. The summed E-state index contributed by atoms with van der Waals surface area (Å²) in [6.07, 6.45) is 2.02. The second kappa shape index (κ2) is 6.57. The standard InChI is InChI=1S/C16H24N4/c1-4-19(5-2)15(14-9-7-6-8-10-14)12-20-11-13(3)18-16(20)17/h6-11,15H,4-5,12H2,1-3H3,(H2,17,18). The Kier molecular flexibility index (Phi) is 4.79. The van der Waals surface area contributed by atoms with Crippen LogP contribution >= 0.6 is 0 Å². The molecule has 0 aliphatic carbocycles. The highest BCUT2D eigenvalue weighted by molar-refractivity contribution is 5.24. The normalized spacial score (nSPS) is 12.8. The highest BCUT2D eigenvalue weighted by Gasteiger charge is 2.19. The first-order valence-corrected chi connectivity index (χ1v) is 7.24. The van der Waals surface area contributed by atoms with Gasteiger partial charge in [0.2, 0.25) is 0 Å². The third-order valence-corrected chi connectivity index (χ3v) is 3.73. The van der Waals surface area contributed by atoms with E-state index in [1.807, 2.05) is 17.7 Å². The second-order valence-corrected chi connectivity index (χ2v) is 5.04. The van der Waals surface area contributed by atoms with E-state index in [4.69, 9.17) is 5.73 Å². The number of nitrogens with two attached hydrogens (primary N) is 1. The van der Waals surface area contributed by atoms with Gasteiger partial charge in [-0.1, -0.05) is 44.2 Å². The van der Waals surface area contributed by atoms with Crippen molar-refractivity contribution in [2.45, 2.75) is 33.4 Å². The van der Waals surface area contributed by atoms with Crippen molar-refractivity contribution < 1.29 is 0 Å². The van der Waals surface area contributed by atoms with Crippen LogP contribution < -0.4 is 5.73 Å². The summed E-state index contributed by atoms with van der Waals surface area (Å²) in [6.45, 7) is 9.23. The Bertz CT molecular complexity index is 529. The maximum absolute atomic E-state index is 5.98. The fourth-order valence-electron chi connectivity index (χ4n) is 2.67. The Morgan fingerprint density at radius 1 is 1.20 bits per heavy atom. The highest BCUT2D eigenvalue weighted by Crippen LogP contribution is 2.23. The molecule has 2 rings (SSSR count). The molecule has 0 amide bonds. The summed E-state index contributed by atoms with van der Waals surface area (Å²) in [6, 6.07) is 10.9. The molecule has 4 nitrogen and oxygen atoms in total. The Hall–Kier alpha value is -1.81. The molecule has 2 N–H and O–H groups in total. The van der Waals surface area contributed by atoms with Crippen molar-refractivity contribution in [1.29, 1.82) is 0 Å². The molecule has 1 aromatic carbocycles. The zero-order chi connectivity index (χ0) is 14.5. The van der Waals surface area contributed by atoms with Gasteiger partial charge in [-0.2, -0.15) is 0 Å². The molecule has 1 heterocycles. The molecule has 1 unspecified atom stereocenters. The molecule has 1 aromatic heterocycles. The minimum absolute atomic E-state index is 0.321. The minimum Gasteiger partial charge on any atom is -0.369 e. The molecular formula is C16H24N4. The van der Waals surface area contributed by atoms with E-state index in [-0.39, 0.29) is 0 Å². The van der Waals surface area contributed by atoms with Crippen LogP contribution in [0.2, 0.25) is 0 Å². The Balaban J connectivity index is 2.30. The molecular weight excluding hydrogens is 248 g/mol. The first-order chi connectivity index (χ1) is 9.65. The number of nitrogens with zero attached hydrogens (tertiary/aromatic N) is 3. The van der Waals surface area contributed by atoms with Crippen molar-refractivity contribution in [3.8, 4) is 0 Å². The first kappa shape index (κ1) is 14.6. The Morgan fingerprint density at radius 3 is 2.35 bits per heavy atom. The van der Waals surface area contributed by atoms with Gasteiger partial charge in [-0.3, -0.25) is 4.90 Å². The number of aromatic nitrogens is 2. The SMILES string of the molecule is CCN(CC)C(Cn1cc(C)nc1N)c1ccccc1. The third kappa shape index (κ3) is 3.20. The number of anilines is 1. The molecule has 0 aliphatic heterocycles. The summed E-state index contributed by atoms with van der Waals surface area (Å²) >= 11 is 0. The van der Waals surface area contributed by atoms with E-state index in [0.717, 1.165) is 25.3 Å². The highest BCUT2D eigenvalue weighted by atomic mass is 15.2. The van der Waals surface area contributed by atoms with Crippen molar-refractivity contribution in [3.63, 3.8) is 0 Å². The van der Waals surface area contributed by atoms with Crippen LogP contribution in [0, 0.1) is 6.92 Å². The van der Waals surface area contributed by atoms with Gasteiger partial charge in [-0.25, -0.2) is 4.98 Å². The van der Waals surface area contributed by atoms with Crippen molar-refractivity contribution in [3.05, 3.63) is 47.8 Å². The largest absolute Gasteiger partial charge is 0.369 e. The van der Waals surface area contributed by atoms with Gasteiger partial charge in [-0.15, -0.1) is 0 Å². The van der Waals surface area contributed by atoms with E-state index >= 15 is 0 Å². The summed E-state index contributed by atoms with van der Waals surface area (Å²) in [7, 11) is 0. The van der Waals surface area contributed by atoms with Crippen LogP contribution in [0.1, 0.15) is 31.1 Å². The van der Waals surface area contributed by atoms with E-state index < -0.39 is 0 Å². The molecule has 0 bridgehead atoms. The topological polar surface area (TPSA) is 47.1 Å². The van der Waals surface area contributed by atoms with E-state index in [1.165, 1.54) is 5.56 Å². The molecule has 1 atom stereocenters. The van der Waals surface area contributed by atoms with Crippen molar-refractivity contribution in [2.24, 2.45) is 0 Å². The van der Waals surface area contributed by atoms with Gasteiger partial charge in [0.25, 0.3) is 0 Å².